The first kappa shape index (κ1) is 10.8. The molecule has 0 saturated heterocycles. The summed E-state index contributed by atoms with van der Waals surface area (Å²) in [7, 11) is 0. The Hall–Kier alpha value is -1.33. The minimum atomic E-state index is -0.0795. The molecule has 1 fully saturated rings. The number of nitriles is 1. The van der Waals surface area contributed by atoms with Crippen molar-refractivity contribution in [3.05, 3.63) is 35.2 Å². The van der Waals surface area contributed by atoms with Crippen LogP contribution in [0.3, 0.4) is 0 Å². The van der Waals surface area contributed by atoms with Crippen LogP contribution in [0.2, 0.25) is 0 Å². The molecule has 17 heavy (non-hydrogen) atoms. The second-order valence-electron chi connectivity index (χ2n) is 5.03. The highest BCUT2D eigenvalue weighted by atomic mass is 32.1. The fourth-order valence-electron chi connectivity index (χ4n) is 2.91. The van der Waals surface area contributed by atoms with Gasteiger partial charge < -0.3 is 0 Å². The van der Waals surface area contributed by atoms with Gasteiger partial charge in [0.1, 0.15) is 0 Å². The Morgan fingerprint density at radius 1 is 1.24 bits per heavy atom. The van der Waals surface area contributed by atoms with E-state index in [0.717, 1.165) is 19.3 Å². The summed E-state index contributed by atoms with van der Waals surface area (Å²) in [4.78, 5) is 0. The Bertz CT molecular complexity index is 570. The molecule has 0 amide bonds. The molecule has 3 rings (SSSR count). The van der Waals surface area contributed by atoms with Gasteiger partial charge in [-0.25, -0.2) is 0 Å². The molecule has 1 nitrogen and oxygen atoms in total. The zero-order chi connectivity index (χ0) is 11.7. The van der Waals surface area contributed by atoms with Crippen LogP contribution in [-0.2, 0) is 6.42 Å². The Labute approximate surface area is 106 Å². The highest BCUT2D eigenvalue weighted by Crippen LogP contribution is 2.42. The van der Waals surface area contributed by atoms with Crippen molar-refractivity contribution in [3.63, 3.8) is 0 Å². The lowest BCUT2D eigenvalue weighted by atomic mass is 9.81. The van der Waals surface area contributed by atoms with Crippen molar-refractivity contribution in [2.45, 2.75) is 32.1 Å². The van der Waals surface area contributed by atoms with Gasteiger partial charge in [0.05, 0.1) is 11.5 Å². The van der Waals surface area contributed by atoms with Crippen molar-refractivity contribution in [2.24, 2.45) is 5.41 Å². The van der Waals surface area contributed by atoms with Gasteiger partial charge in [0.25, 0.3) is 0 Å². The molecule has 1 aromatic carbocycles. The molecule has 0 spiro atoms. The van der Waals surface area contributed by atoms with Gasteiger partial charge in [0, 0.05) is 4.70 Å². The minimum Gasteiger partial charge on any atom is -0.198 e. The molecule has 2 aromatic rings. The maximum Gasteiger partial charge on any atom is 0.0693 e. The van der Waals surface area contributed by atoms with E-state index in [0.29, 0.717) is 0 Å². The molecule has 2 heteroatoms. The standard InChI is InChI=1S/C15H15NS/c16-11-15(7-3-4-8-15)9-12-10-17-14-6-2-1-5-13(12)14/h1-2,5-6,10H,3-4,7-9H2. The predicted molar refractivity (Wildman–Crippen MR) is 72.0 cm³/mol. The number of fused-ring (bicyclic) bond motifs is 1. The molecule has 0 radical (unpaired) electrons. The van der Waals surface area contributed by atoms with Gasteiger partial charge in [0.2, 0.25) is 0 Å². The van der Waals surface area contributed by atoms with Gasteiger partial charge in [0.15, 0.2) is 0 Å². The molecule has 0 unspecified atom stereocenters. The molecule has 0 aliphatic heterocycles. The molecule has 86 valence electrons. The summed E-state index contributed by atoms with van der Waals surface area (Å²) in [6.07, 6.45) is 5.53. The SMILES string of the molecule is N#CC1(Cc2csc3ccccc23)CCCC1. The normalized spacial score (nSPS) is 18.3. The van der Waals surface area contributed by atoms with Crippen LogP contribution in [-0.4, -0.2) is 0 Å². The molecule has 0 bridgehead atoms. The molecular weight excluding hydrogens is 226 g/mol. The third kappa shape index (κ3) is 1.85. The van der Waals surface area contributed by atoms with Crippen LogP contribution in [0.4, 0.5) is 0 Å². The maximum absolute atomic E-state index is 9.44. The summed E-state index contributed by atoms with van der Waals surface area (Å²) in [5.41, 5.74) is 1.29. The van der Waals surface area contributed by atoms with Gasteiger partial charge in [-0.2, -0.15) is 5.26 Å². The second-order valence-corrected chi connectivity index (χ2v) is 5.94. The van der Waals surface area contributed by atoms with E-state index in [1.165, 1.54) is 28.5 Å². The predicted octanol–water partition coefficient (Wildman–Crippen LogP) is 4.53. The quantitative estimate of drug-likeness (QED) is 0.758. The highest BCUT2D eigenvalue weighted by Gasteiger charge is 2.34. The molecular formula is C15H15NS. The van der Waals surface area contributed by atoms with Crippen LogP contribution < -0.4 is 0 Å². The van der Waals surface area contributed by atoms with Crippen LogP contribution in [0.15, 0.2) is 29.6 Å². The highest BCUT2D eigenvalue weighted by molar-refractivity contribution is 7.17. The number of nitrogens with zero attached hydrogens (tertiary/aromatic N) is 1. The van der Waals surface area contributed by atoms with E-state index < -0.39 is 0 Å². The third-order valence-electron chi connectivity index (χ3n) is 3.89. The molecule has 0 atom stereocenters. The lowest BCUT2D eigenvalue weighted by Crippen LogP contribution is -2.16. The third-order valence-corrected chi connectivity index (χ3v) is 4.90. The number of thiophene rings is 1. The summed E-state index contributed by atoms with van der Waals surface area (Å²) < 4.78 is 1.34. The lowest BCUT2D eigenvalue weighted by Gasteiger charge is -2.19. The average Bonchev–Trinajstić information content (AvgIpc) is 2.99. The summed E-state index contributed by atoms with van der Waals surface area (Å²) >= 11 is 1.80. The van der Waals surface area contributed by atoms with E-state index >= 15 is 0 Å². The Balaban J connectivity index is 1.97. The van der Waals surface area contributed by atoms with E-state index in [-0.39, 0.29) is 5.41 Å². The zero-order valence-corrected chi connectivity index (χ0v) is 10.6. The maximum atomic E-state index is 9.44. The molecule has 0 N–H and O–H groups in total. The number of hydrogen-bond acceptors (Lipinski definition) is 2. The monoisotopic (exact) mass is 241 g/mol. The fraction of sp³-hybridized carbons (Fsp3) is 0.400. The first-order valence-corrected chi connectivity index (χ1v) is 7.07. The largest absolute Gasteiger partial charge is 0.198 e. The average molecular weight is 241 g/mol. The van der Waals surface area contributed by atoms with E-state index in [9.17, 15) is 5.26 Å². The summed E-state index contributed by atoms with van der Waals surface area (Å²) in [6.45, 7) is 0. The fourth-order valence-corrected chi connectivity index (χ4v) is 3.88. The molecule has 1 aromatic heterocycles. The first-order chi connectivity index (χ1) is 8.33. The van der Waals surface area contributed by atoms with E-state index in [1.54, 1.807) is 11.3 Å². The van der Waals surface area contributed by atoms with Crippen molar-refractivity contribution in [1.29, 1.82) is 5.26 Å². The number of benzene rings is 1. The van der Waals surface area contributed by atoms with Crippen molar-refractivity contribution < 1.29 is 0 Å². The first-order valence-electron chi connectivity index (χ1n) is 6.19. The Kier molecular flexibility index (Phi) is 2.64. The minimum absolute atomic E-state index is 0.0795. The summed E-state index contributed by atoms with van der Waals surface area (Å²) in [6, 6.07) is 11.1. The van der Waals surface area contributed by atoms with E-state index in [4.69, 9.17) is 0 Å². The van der Waals surface area contributed by atoms with Crippen molar-refractivity contribution >= 4 is 21.4 Å². The van der Waals surface area contributed by atoms with Crippen molar-refractivity contribution in [3.8, 4) is 6.07 Å². The van der Waals surface area contributed by atoms with E-state index in [1.807, 2.05) is 0 Å². The Morgan fingerprint density at radius 3 is 2.76 bits per heavy atom. The van der Waals surface area contributed by atoms with Crippen molar-refractivity contribution in [1.82, 2.24) is 0 Å². The van der Waals surface area contributed by atoms with Crippen LogP contribution in [0.5, 0.6) is 0 Å². The van der Waals surface area contributed by atoms with E-state index in [2.05, 4.69) is 35.7 Å². The number of rotatable bonds is 2. The molecule has 1 aliphatic rings. The lowest BCUT2D eigenvalue weighted by molar-refractivity contribution is 0.409. The second kappa shape index (κ2) is 4.16. The smallest absolute Gasteiger partial charge is 0.0693 e. The summed E-state index contributed by atoms with van der Waals surface area (Å²) in [5, 5.41) is 13.0. The van der Waals surface area contributed by atoms with Crippen molar-refractivity contribution in [2.75, 3.05) is 0 Å². The van der Waals surface area contributed by atoms with Crippen LogP contribution in [0, 0.1) is 16.7 Å². The topological polar surface area (TPSA) is 23.8 Å². The van der Waals surface area contributed by atoms with Gasteiger partial charge in [-0.05, 0) is 41.7 Å². The molecule has 1 saturated carbocycles. The van der Waals surface area contributed by atoms with Crippen LogP contribution in [0.1, 0.15) is 31.2 Å². The van der Waals surface area contributed by atoms with Gasteiger partial charge in [-0.3, -0.25) is 0 Å². The number of hydrogen-bond donors (Lipinski definition) is 0. The van der Waals surface area contributed by atoms with Crippen LogP contribution >= 0.6 is 11.3 Å². The Morgan fingerprint density at radius 2 is 2.00 bits per heavy atom. The van der Waals surface area contributed by atoms with Gasteiger partial charge in [-0.15, -0.1) is 11.3 Å². The van der Waals surface area contributed by atoms with Crippen LogP contribution in [0.25, 0.3) is 10.1 Å². The zero-order valence-electron chi connectivity index (χ0n) is 9.78. The van der Waals surface area contributed by atoms with Gasteiger partial charge >= 0.3 is 0 Å². The molecule has 1 aliphatic carbocycles. The molecule has 1 heterocycles. The summed E-state index contributed by atoms with van der Waals surface area (Å²) in [5.74, 6) is 0. The van der Waals surface area contributed by atoms with Gasteiger partial charge in [-0.1, -0.05) is 31.0 Å².